The first-order chi connectivity index (χ1) is 11.8. The minimum atomic E-state index is -0.0430. The number of rotatable bonds is 5. The first-order valence-electron chi connectivity index (χ1n) is 8.74. The Morgan fingerprint density at radius 3 is 2.58 bits per heavy atom. The summed E-state index contributed by atoms with van der Waals surface area (Å²) < 4.78 is 0. The number of piperidine rings is 1. The van der Waals surface area contributed by atoms with Crippen LogP contribution in [-0.4, -0.2) is 35.4 Å². The Bertz CT molecular complexity index is 666. The standard InChI is InChI=1S/C20H25N3O/c1-16-18(11-8-12-21-16)20(24)22-15-19(17-9-4-2-5-10-17)23-13-6-3-7-14-23/h2,4-5,8-12,19H,3,6-7,13-15H2,1H3,(H,22,24)/t19-/m0/s1. The molecule has 1 aliphatic rings. The van der Waals surface area contributed by atoms with Crippen molar-refractivity contribution in [3.63, 3.8) is 0 Å². The summed E-state index contributed by atoms with van der Waals surface area (Å²) in [4.78, 5) is 19.2. The highest BCUT2D eigenvalue weighted by Gasteiger charge is 2.23. The van der Waals surface area contributed by atoms with Gasteiger partial charge in [0.15, 0.2) is 0 Å². The normalized spacial score (nSPS) is 16.5. The third kappa shape index (κ3) is 4.01. The second-order valence-electron chi connectivity index (χ2n) is 6.37. The van der Waals surface area contributed by atoms with Crippen LogP contribution in [0.1, 0.15) is 46.9 Å². The summed E-state index contributed by atoms with van der Waals surface area (Å²) in [7, 11) is 0. The van der Waals surface area contributed by atoms with Gasteiger partial charge in [-0.25, -0.2) is 0 Å². The number of amides is 1. The number of likely N-dealkylation sites (tertiary alicyclic amines) is 1. The molecule has 126 valence electrons. The molecule has 1 aromatic carbocycles. The smallest absolute Gasteiger partial charge is 0.253 e. The number of hydrogen-bond donors (Lipinski definition) is 1. The minimum Gasteiger partial charge on any atom is -0.350 e. The van der Waals surface area contributed by atoms with E-state index < -0.39 is 0 Å². The molecule has 1 aliphatic heterocycles. The third-order valence-electron chi connectivity index (χ3n) is 4.72. The predicted molar refractivity (Wildman–Crippen MR) is 95.9 cm³/mol. The molecule has 0 unspecified atom stereocenters. The summed E-state index contributed by atoms with van der Waals surface area (Å²) >= 11 is 0. The van der Waals surface area contributed by atoms with Crippen LogP contribution >= 0.6 is 0 Å². The van der Waals surface area contributed by atoms with Gasteiger partial charge < -0.3 is 5.32 Å². The first kappa shape index (κ1) is 16.7. The summed E-state index contributed by atoms with van der Waals surface area (Å²) in [5, 5.41) is 3.12. The van der Waals surface area contributed by atoms with E-state index in [1.165, 1.54) is 24.8 Å². The fourth-order valence-electron chi connectivity index (χ4n) is 3.37. The summed E-state index contributed by atoms with van der Waals surface area (Å²) in [6, 6.07) is 14.3. The highest BCUT2D eigenvalue weighted by molar-refractivity contribution is 5.95. The molecule has 1 N–H and O–H groups in total. The molecular weight excluding hydrogens is 298 g/mol. The van der Waals surface area contributed by atoms with Crippen molar-refractivity contribution in [3.8, 4) is 0 Å². The molecule has 0 spiro atoms. The first-order valence-corrected chi connectivity index (χ1v) is 8.74. The summed E-state index contributed by atoms with van der Waals surface area (Å²) in [5.74, 6) is -0.0430. The van der Waals surface area contributed by atoms with Gasteiger partial charge in [0, 0.05) is 18.4 Å². The molecule has 1 atom stereocenters. The number of carbonyl (C=O) groups is 1. The molecule has 2 aromatic rings. The van der Waals surface area contributed by atoms with Crippen molar-refractivity contribution in [1.82, 2.24) is 15.2 Å². The van der Waals surface area contributed by atoms with Gasteiger partial charge in [0.25, 0.3) is 5.91 Å². The van der Waals surface area contributed by atoms with E-state index in [-0.39, 0.29) is 11.9 Å². The Morgan fingerprint density at radius 1 is 1.12 bits per heavy atom. The number of carbonyl (C=O) groups excluding carboxylic acids is 1. The second kappa shape index (κ2) is 8.06. The highest BCUT2D eigenvalue weighted by atomic mass is 16.1. The molecule has 3 rings (SSSR count). The van der Waals surface area contributed by atoms with Crippen LogP contribution in [0.15, 0.2) is 48.7 Å². The lowest BCUT2D eigenvalue weighted by Gasteiger charge is -2.35. The molecule has 1 fully saturated rings. The highest BCUT2D eigenvalue weighted by Crippen LogP contribution is 2.24. The topological polar surface area (TPSA) is 45.2 Å². The Balaban J connectivity index is 1.72. The number of pyridine rings is 1. The van der Waals surface area contributed by atoms with Crippen LogP contribution in [0.2, 0.25) is 0 Å². The van der Waals surface area contributed by atoms with Gasteiger partial charge in [-0.3, -0.25) is 14.7 Å². The molecule has 4 nitrogen and oxygen atoms in total. The van der Waals surface area contributed by atoms with Gasteiger partial charge in [0.05, 0.1) is 11.6 Å². The zero-order valence-electron chi connectivity index (χ0n) is 14.2. The number of nitrogens with one attached hydrogen (secondary N) is 1. The van der Waals surface area contributed by atoms with Crippen LogP contribution in [-0.2, 0) is 0 Å². The van der Waals surface area contributed by atoms with Crippen molar-refractivity contribution in [3.05, 3.63) is 65.5 Å². The van der Waals surface area contributed by atoms with E-state index in [1.54, 1.807) is 12.3 Å². The fraction of sp³-hybridized carbons (Fsp3) is 0.400. The molecule has 2 heterocycles. The van der Waals surface area contributed by atoms with Crippen molar-refractivity contribution in [2.45, 2.75) is 32.2 Å². The van der Waals surface area contributed by atoms with Crippen molar-refractivity contribution >= 4 is 5.91 Å². The Hall–Kier alpha value is -2.20. The molecule has 1 aromatic heterocycles. The van der Waals surface area contributed by atoms with E-state index in [4.69, 9.17) is 0 Å². The monoisotopic (exact) mass is 323 g/mol. The maximum absolute atomic E-state index is 12.5. The lowest BCUT2D eigenvalue weighted by Crippen LogP contribution is -2.40. The Kier molecular flexibility index (Phi) is 5.59. The van der Waals surface area contributed by atoms with E-state index >= 15 is 0 Å². The average molecular weight is 323 g/mol. The minimum absolute atomic E-state index is 0.0430. The average Bonchev–Trinajstić information content (AvgIpc) is 2.64. The van der Waals surface area contributed by atoms with Gasteiger partial charge in [-0.1, -0.05) is 36.8 Å². The van der Waals surface area contributed by atoms with E-state index in [9.17, 15) is 4.79 Å². The number of aromatic nitrogens is 1. The van der Waals surface area contributed by atoms with Crippen LogP contribution in [0.3, 0.4) is 0 Å². The van der Waals surface area contributed by atoms with Crippen LogP contribution in [0.5, 0.6) is 0 Å². The number of aryl methyl sites for hydroxylation is 1. The zero-order chi connectivity index (χ0) is 16.8. The van der Waals surface area contributed by atoms with E-state index in [2.05, 4.69) is 39.5 Å². The summed E-state index contributed by atoms with van der Waals surface area (Å²) in [6.07, 6.45) is 5.49. The van der Waals surface area contributed by atoms with Crippen LogP contribution in [0.25, 0.3) is 0 Å². The molecule has 0 saturated carbocycles. The number of hydrogen-bond acceptors (Lipinski definition) is 3. The zero-order valence-corrected chi connectivity index (χ0v) is 14.2. The maximum atomic E-state index is 12.5. The largest absolute Gasteiger partial charge is 0.350 e. The molecule has 1 saturated heterocycles. The van der Waals surface area contributed by atoms with Crippen LogP contribution in [0, 0.1) is 6.92 Å². The number of benzene rings is 1. The van der Waals surface area contributed by atoms with Crippen molar-refractivity contribution in [1.29, 1.82) is 0 Å². The van der Waals surface area contributed by atoms with Crippen molar-refractivity contribution in [2.75, 3.05) is 19.6 Å². The third-order valence-corrected chi connectivity index (χ3v) is 4.72. The van der Waals surface area contributed by atoms with Crippen LogP contribution < -0.4 is 5.32 Å². The lowest BCUT2D eigenvalue weighted by atomic mass is 10.0. The van der Waals surface area contributed by atoms with Crippen molar-refractivity contribution < 1.29 is 4.79 Å². The number of nitrogens with zero attached hydrogens (tertiary/aromatic N) is 2. The van der Waals surface area contributed by atoms with Gasteiger partial charge in [-0.15, -0.1) is 0 Å². The molecule has 0 bridgehead atoms. The van der Waals surface area contributed by atoms with E-state index in [1.807, 2.05) is 19.1 Å². The maximum Gasteiger partial charge on any atom is 0.253 e. The van der Waals surface area contributed by atoms with Crippen LogP contribution in [0.4, 0.5) is 0 Å². The Morgan fingerprint density at radius 2 is 1.88 bits per heavy atom. The molecule has 1 amide bonds. The second-order valence-corrected chi connectivity index (χ2v) is 6.37. The summed E-state index contributed by atoms with van der Waals surface area (Å²) in [5.41, 5.74) is 2.69. The molecule has 24 heavy (non-hydrogen) atoms. The molecule has 0 aliphatic carbocycles. The lowest BCUT2D eigenvalue weighted by molar-refractivity contribution is 0.0923. The van der Waals surface area contributed by atoms with E-state index in [0.29, 0.717) is 12.1 Å². The quantitative estimate of drug-likeness (QED) is 0.918. The van der Waals surface area contributed by atoms with E-state index in [0.717, 1.165) is 18.8 Å². The van der Waals surface area contributed by atoms with Gasteiger partial charge >= 0.3 is 0 Å². The molecular formula is C20H25N3O. The van der Waals surface area contributed by atoms with Gasteiger partial charge in [-0.2, -0.15) is 0 Å². The predicted octanol–water partition coefficient (Wildman–Crippen LogP) is 3.35. The van der Waals surface area contributed by atoms with Gasteiger partial charge in [0.2, 0.25) is 0 Å². The Labute approximate surface area is 143 Å². The van der Waals surface area contributed by atoms with Crippen molar-refractivity contribution in [2.24, 2.45) is 0 Å². The fourth-order valence-corrected chi connectivity index (χ4v) is 3.37. The van der Waals surface area contributed by atoms with Gasteiger partial charge in [0.1, 0.15) is 0 Å². The molecule has 4 heteroatoms. The SMILES string of the molecule is Cc1ncccc1C(=O)NC[C@@H](c1ccccc1)N1CCCCC1. The summed E-state index contributed by atoms with van der Waals surface area (Å²) in [6.45, 7) is 4.69. The van der Waals surface area contributed by atoms with Gasteiger partial charge in [-0.05, 0) is 50.6 Å². The molecule has 0 radical (unpaired) electrons.